The summed E-state index contributed by atoms with van der Waals surface area (Å²) >= 11 is 0. The van der Waals surface area contributed by atoms with Gasteiger partial charge in [0.1, 0.15) is 0 Å². The van der Waals surface area contributed by atoms with Gasteiger partial charge in [0.15, 0.2) is 0 Å². The second kappa shape index (κ2) is 9.99. The van der Waals surface area contributed by atoms with E-state index < -0.39 is 10.8 Å². The van der Waals surface area contributed by atoms with E-state index in [1.807, 2.05) is 13.0 Å². The molecular formula is C30H39FN2O4. The minimum atomic E-state index is -0.696. The number of halogens is 1. The molecule has 2 spiro atoms. The van der Waals surface area contributed by atoms with Crippen LogP contribution in [0.25, 0.3) is 0 Å². The number of carbonyl (C=O) groups is 2. The van der Waals surface area contributed by atoms with Gasteiger partial charge in [-0.1, -0.05) is 37.3 Å². The minimum Gasteiger partial charge on any atom is -0.465 e. The molecule has 0 radical (unpaired) electrons. The van der Waals surface area contributed by atoms with Crippen LogP contribution in [0, 0.1) is 16.7 Å². The van der Waals surface area contributed by atoms with Crippen molar-refractivity contribution in [3.8, 4) is 0 Å². The topological polar surface area (TPSA) is 67.9 Å². The number of ether oxygens (including phenoxy) is 2. The van der Waals surface area contributed by atoms with Gasteiger partial charge in [-0.3, -0.25) is 9.69 Å². The molecule has 1 amide bonds. The Morgan fingerprint density at radius 3 is 2.73 bits per heavy atom. The number of amides is 1. The van der Waals surface area contributed by atoms with Crippen LogP contribution in [0.15, 0.2) is 59.1 Å². The van der Waals surface area contributed by atoms with Crippen LogP contribution in [0.4, 0.5) is 4.39 Å². The lowest BCUT2D eigenvalue weighted by atomic mass is 9.42. The maximum Gasteiger partial charge on any atom is 0.337 e. The molecule has 3 aliphatic carbocycles. The third-order valence-corrected chi connectivity index (χ3v) is 9.37. The van der Waals surface area contributed by atoms with Crippen molar-refractivity contribution in [1.29, 1.82) is 0 Å². The molecule has 0 bridgehead atoms. The lowest BCUT2D eigenvalue weighted by Gasteiger charge is -2.65. The highest BCUT2D eigenvalue weighted by molar-refractivity contribution is 5.94. The number of carbonyl (C=O) groups excluding carboxylic acids is 2. The van der Waals surface area contributed by atoms with Crippen molar-refractivity contribution in [3.63, 3.8) is 0 Å². The molecule has 5 rings (SSSR count). The molecule has 2 unspecified atom stereocenters. The van der Waals surface area contributed by atoms with Crippen LogP contribution in [-0.2, 0) is 19.1 Å². The van der Waals surface area contributed by atoms with Crippen LogP contribution in [0.3, 0.4) is 0 Å². The van der Waals surface area contributed by atoms with Crippen molar-refractivity contribution in [1.82, 2.24) is 10.2 Å². The van der Waals surface area contributed by atoms with Gasteiger partial charge in [-0.15, -0.1) is 0 Å². The van der Waals surface area contributed by atoms with Crippen LogP contribution in [0.2, 0.25) is 0 Å². The molecule has 6 nitrogen and oxygen atoms in total. The SMILES string of the molecule is C=C(C)/C(=C\C[C@@H]1C2=CC=C3NC(=O)C4(CC=C(F)CC4)C32[C@H]1N(CCC)C1CCOCC1)C(=O)OC. The second-order valence-corrected chi connectivity index (χ2v) is 11.2. The van der Waals surface area contributed by atoms with Gasteiger partial charge in [0, 0.05) is 36.9 Å². The number of nitrogens with one attached hydrogen (secondary N) is 1. The molecule has 2 aliphatic heterocycles. The third-order valence-electron chi connectivity index (χ3n) is 9.37. The predicted octanol–water partition coefficient (Wildman–Crippen LogP) is 4.91. The molecule has 1 saturated carbocycles. The van der Waals surface area contributed by atoms with Crippen LogP contribution >= 0.6 is 0 Å². The van der Waals surface area contributed by atoms with Gasteiger partial charge in [-0.05, 0) is 70.1 Å². The summed E-state index contributed by atoms with van der Waals surface area (Å²) < 4.78 is 25.0. The summed E-state index contributed by atoms with van der Waals surface area (Å²) in [7, 11) is 1.39. The summed E-state index contributed by atoms with van der Waals surface area (Å²) in [5.41, 5.74) is 2.19. The molecule has 7 heteroatoms. The summed E-state index contributed by atoms with van der Waals surface area (Å²) in [6, 6.07) is 0.414. The molecule has 2 saturated heterocycles. The highest BCUT2D eigenvalue weighted by atomic mass is 19.1. The van der Waals surface area contributed by atoms with E-state index >= 15 is 0 Å². The van der Waals surface area contributed by atoms with Crippen LogP contribution in [0.5, 0.6) is 0 Å². The van der Waals surface area contributed by atoms with E-state index in [4.69, 9.17) is 9.47 Å². The molecule has 4 atom stereocenters. The highest BCUT2D eigenvalue weighted by Gasteiger charge is 2.76. The molecular weight excluding hydrogens is 471 g/mol. The first-order valence-corrected chi connectivity index (χ1v) is 13.7. The van der Waals surface area contributed by atoms with E-state index in [1.165, 1.54) is 12.7 Å². The summed E-state index contributed by atoms with van der Waals surface area (Å²) in [6.07, 6.45) is 12.6. The number of rotatable bonds is 8. The fourth-order valence-corrected chi connectivity index (χ4v) is 7.82. The monoisotopic (exact) mass is 510 g/mol. The van der Waals surface area contributed by atoms with Crippen molar-refractivity contribution in [2.45, 2.75) is 70.9 Å². The summed E-state index contributed by atoms with van der Waals surface area (Å²) in [5.74, 6) is -0.352. The highest BCUT2D eigenvalue weighted by Crippen LogP contribution is 2.74. The number of hydrogen-bond acceptors (Lipinski definition) is 5. The number of methoxy groups -OCH3 is 1. The quantitative estimate of drug-likeness (QED) is 0.286. The third kappa shape index (κ3) is 3.80. The van der Waals surface area contributed by atoms with Crippen molar-refractivity contribution in [3.05, 3.63) is 59.1 Å². The van der Waals surface area contributed by atoms with E-state index in [0.29, 0.717) is 42.9 Å². The van der Waals surface area contributed by atoms with E-state index in [-0.39, 0.29) is 29.7 Å². The van der Waals surface area contributed by atoms with Gasteiger partial charge < -0.3 is 14.8 Å². The van der Waals surface area contributed by atoms with Gasteiger partial charge >= 0.3 is 5.97 Å². The lowest BCUT2D eigenvalue weighted by molar-refractivity contribution is -0.143. The molecule has 5 aliphatic rings. The van der Waals surface area contributed by atoms with Crippen molar-refractivity contribution in [2.24, 2.45) is 16.7 Å². The Hall–Kier alpha value is -2.51. The van der Waals surface area contributed by atoms with Crippen LogP contribution in [-0.4, -0.2) is 55.7 Å². The molecule has 3 fully saturated rings. The van der Waals surface area contributed by atoms with Crippen LogP contribution in [0.1, 0.15) is 58.8 Å². The maximum absolute atomic E-state index is 14.3. The molecule has 37 heavy (non-hydrogen) atoms. The molecule has 0 aromatic rings. The average Bonchev–Trinajstić information content (AvgIpc) is 3.33. The Morgan fingerprint density at radius 1 is 1.35 bits per heavy atom. The zero-order chi connectivity index (χ0) is 26.4. The fourth-order valence-electron chi connectivity index (χ4n) is 7.82. The number of nitrogens with zero attached hydrogens (tertiary/aromatic N) is 1. The second-order valence-electron chi connectivity index (χ2n) is 11.2. The molecule has 200 valence electrons. The molecule has 2 heterocycles. The lowest BCUT2D eigenvalue weighted by Crippen LogP contribution is -2.70. The fraction of sp³-hybridized carbons (Fsp3) is 0.600. The largest absolute Gasteiger partial charge is 0.465 e. The van der Waals surface area contributed by atoms with Gasteiger partial charge in [0.25, 0.3) is 0 Å². The van der Waals surface area contributed by atoms with E-state index in [9.17, 15) is 14.0 Å². The van der Waals surface area contributed by atoms with Gasteiger partial charge in [0.05, 0.1) is 29.3 Å². The Labute approximate surface area is 219 Å². The van der Waals surface area contributed by atoms with Gasteiger partial charge in [0.2, 0.25) is 5.91 Å². The minimum absolute atomic E-state index is 0.0210. The first-order valence-electron chi connectivity index (χ1n) is 13.7. The summed E-state index contributed by atoms with van der Waals surface area (Å²) in [5, 5.41) is 3.24. The zero-order valence-electron chi connectivity index (χ0n) is 22.3. The Bertz CT molecular complexity index is 1110. The zero-order valence-corrected chi connectivity index (χ0v) is 22.3. The Kier molecular flexibility index (Phi) is 7.05. The van der Waals surface area contributed by atoms with Crippen molar-refractivity contribution >= 4 is 11.9 Å². The Morgan fingerprint density at radius 2 is 2.11 bits per heavy atom. The standard InChI is InChI=1S/C30H39FN2O4/c1-5-16-33(21-12-17-37-18-13-21)26-23(7-6-22(19(2)3)27(34)36-4)24-8-9-25-30(24,26)29(28(35)32-25)14-10-20(31)11-15-29/h6,8-10,21,23,26H,2,5,7,11-18H2,1,3-4H3,(H,32,35)/b22-6+/t23-,26+,29?,30?/m1/s1. The average molecular weight is 511 g/mol. The van der Waals surface area contributed by atoms with Gasteiger partial charge in [-0.25, -0.2) is 9.18 Å². The van der Waals surface area contributed by atoms with Gasteiger partial charge in [-0.2, -0.15) is 0 Å². The van der Waals surface area contributed by atoms with Crippen molar-refractivity contribution < 1.29 is 23.5 Å². The maximum atomic E-state index is 14.3. The number of esters is 1. The summed E-state index contributed by atoms with van der Waals surface area (Å²) in [4.78, 5) is 28.8. The smallest absolute Gasteiger partial charge is 0.337 e. The van der Waals surface area contributed by atoms with E-state index in [1.54, 1.807) is 6.08 Å². The number of allylic oxidation sites excluding steroid dienone is 5. The predicted molar refractivity (Wildman–Crippen MR) is 140 cm³/mol. The number of hydrogen-bond donors (Lipinski definition) is 1. The first-order chi connectivity index (χ1) is 17.8. The molecule has 0 aromatic carbocycles. The van der Waals surface area contributed by atoms with E-state index in [0.717, 1.165) is 44.7 Å². The first kappa shape index (κ1) is 26.1. The van der Waals surface area contributed by atoms with Crippen molar-refractivity contribution in [2.75, 3.05) is 26.9 Å². The molecule has 1 N–H and O–H groups in total. The van der Waals surface area contributed by atoms with E-state index in [2.05, 4.69) is 35.9 Å². The normalized spacial score (nSPS) is 33.3. The molecule has 0 aromatic heterocycles. The Balaban J connectivity index is 1.61. The van der Waals surface area contributed by atoms with Crippen LogP contribution < -0.4 is 5.32 Å². The summed E-state index contributed by atoms with van der Waals surface area (Å²) in [6.45, 7) is 10.4.